The molecule has 1 N–H and O–H groups in total. The van der Waals surface area contributed by atoms with Crippen LogP contribution in [0.1, 0.15) is 6.92 Å². The van der Waals surface area contributed by atoms with Crippen molar-refractivity contribution in [2.75, 3.05) is 41.4 Å². The molecule has 0 unspecified atom stereocenters. The quantitative estimate of drug-likeness (QED) is 0.879. The van der Waals surface area contributed by atoms with Gasteiger partial charge in [0.15, 0.2) is 0 Å². The Labute approximate surface area is 135 Å². The van der Waals surface area contributed by atoms with Gasteiger partial charge < -0.3 is 10.2 Å². The SMILES string of the molecule is C[C@@H](CNc1cc(N2CCSCC2)ncn1)Cn1cccn1. The first-order valence-corrected chi connectivity index (χ1v) is 8.83. The van der Waals surface area contributed by atoms with Crippen molar-refractivity contribution in [2.24, 2.45) is 5.92 Å². The molecule has 1 saturated heterocycles. The van der Waals surface area contributed by atoms with Crippen molar-refractivity contribution >= 4 is 23.4 Å². The average molecular weight is 318 g/mol. The maximum atomic E-state index is 4.40. The number of hydrogen-bond donors (Lipinski definition) is 1. The van der Waals surface area contributed by atoms with Gasteiger partial charge in [-0.05, 0) is 12.0 Å². The minimum atomic E-state index is 0.477. The van der Waals surface area contributed by atoms with Crippen LogP contribution in [0.2, 0.25) is 0 Å². The van der Waals surface area contributed by atoms with E-state index in [1.54, 1.807) is 6.33 Å². The zero-order valence-corrected chi connectivity index (χ0v) is 13.7. The molecule has 2 aromatic rings. The fraction of sp³-hybridized carbons (Fsp3) is 0.533. The van der Waals surface area contributed by atoms with Crippen LogP contribution in [0.15, 0.2) is 30.9 Å². The third kappa shape index (κ3) is 4.13. The summed E-state index contributed by atoms with van der Waals surface area (Å²) in [5.74, 6) is 4.75. The van der Waals surface area contributed by atoms with Crippen molar-refractivity contribution in [1.29, 1.82) is 0 Å². The summed E-state index contributed by atoms with van der Waals surface area (Å²) in [5.41, 5.74) is 0. The summed E-state index contributed by atoms with van der Waals surface area (Å²) >= 11 is 2.00. The Morgan fingerprint density at radius 3 is 2.95 bits per heavy atom. The molecule has 0 spiro atoms. The van der Waals surface area contributed by atoms with Gasteiger partial charge in [0.25, 0.3) is 0 Å². The Balaban J connectivity index is 1.53. The molecule has 22 heavy (non-hydrogen) atoms. The minimum absolute atomic E-state index is 0.477. The number of aromatic nitrogens is 4. The third-order valence-corrected chi connectivity index (χ3v) is 4.62. The number of anilines is 2. The zero-order chi connectivity index (χ0) is 15.2. The highest BCUT2D eigenvalue weighted by Gasteiger charge is 2.13. The maximum Gasteiger partial charge on any atom is 0.134 e. The van der Waals surface area contributed by atoms with E-state index in [9.17, 15) is 0 Å². The van der Waals surface area contributed by atoms with Crippen LogP contribution in [-0.4, -0.2) is 50.9 Å². The summed E-state index contributed by atoms with van der Waals surface area (Å²) in [4.78, 5) is 11.1. The molecule has 7 heteroatoms. The van der Waals surface area contributed by atoms with Gasteiger partial charge in [-0.2, -0.15) is 16.9 Å². The number of nitrogens with one attached hydrogen (secondary N) is 1. The Morgan fingerprint density at radius 2 is 2.18 bits per heavy atom. The van der Waals surface area contributed by atoms with Crippen molar-refractivity contribution in [3.8, 4) is 0 Å². The van der Waals surface area contributed by atoms with Crippen LogP contribution in [0, 0.1) is 5.92 Å². The first-order chi connectivity index (χ1) is 10.8. The number of hydrogen-bond acceptors (Lipinski definition) is 6. The normalized spacial score (nSPS) is 16.5. The molecule has 0 radical (unpaired) electrons. The first kappa shape index (κ1) is 15.1. The topological polar surface area (TPSA) is 58.9 Å². The Hall–Kier alpha value is -1.76. The van der Waals surface area contributed by atoms with Crippen LogP contribution in [0.3, 0.4) is 0 Å². The van der Waals surface area contributed by atoms with Gasteiger partial charge >= 0.3 is 0 Å². The smallest absolute Gasteiger partial charge is 0.134 e. The van der Waals surface area contributed by atoms with Crippen LogP contribution < -0.4 is 10.2 Å². The molecule has 0 saturated carbocycles. The maximum absolute atomic E-state index is 4.40. The van der Waals surface area contributed by atoms with E-state index in [2.05, 4.69) is 38.3 Å². The van der Waals surface area contributed by atoms with Crippen LogP contribution >= 0.6 is 11.8 Å². The molecule has 118 valence electrons. The highest BCUT2D eigenvalue weighted by Crippen LogP contribution is 2.19. The van der Waals surface area contributed by atoms with Crippen molar-refractivity contribution in [2.45, 2.75) is 13.5 Å². The van der Waals surface area contributed by atoms with Gasteiger partial charge in [0.1, 0.15) is 18.0 Å². The van der Waals surface area contributed by atoms with Gasteiger partial charge in [0.05, 0.1) is 0 Å². The molecule has 1 aliphatic heterocycles. The van der Waals surface area contributed by atoms with E-state index in [-0.39, 0.29) is 0 Å². The average Bonchev–Trinajstić information content (AvgIpc) is 3.07. The highest BCUT2D eigenvalue weighted by atomic mass is 32.2. The van der Waals surface area contributed by atoms with E-state index in [0.29, 0.717) is 5.92 Å². The van der Waals surface area contributed by atoms with E-state index >= 15 is 0 Å². The number of rotatable bonds is 6. The van der Waals surface area contributed by atoms with E-state index in [4.69, 9.17) is 0 Å². The lowest BCUT2D eigenvalue weighted by atomic mass is 10.2. The molecule has 3 heterocycles. The standard InChI is InChI=1S/C15H22N6S/c1-13(11-21-4-2-3-19-21)10-16-14-9-15(18-12-17-14)20-5-7-22-8-6-20/h2-4,9,12-13H,5-8,10-11H2,1H3,(H,16,17,18)/t13-/m0/s1. The second kappa shape index (κ2) is 7.49. The summed E-state index contributed by atoms with van der Waals surface area (Å²) < 4.78 is 1.96. The molecule has 2 aromatic heterocycles. The van der Waals surface area contributed by atoms with Gasteiger partial charge in [-0.1, -0.05) is 6.92 Å². The molecule has 1 atom stereocenters. The molecule has 6 nitrogen and oxygen atoms in total. The molecule has 1 aliphatic rings. The van der Waals surface area contributed by atoms with Gasteiger partial charge in [0, 0.05) is 56.1 Å². The number of thioether (sulfide) groups is 1. The first-order valence-electron chi connectivity index (χ1n) is 7.67. The van der Waals surface area contributed by atoms with Crippen LogP contribution in [-0.2, 0) is 6.54 Å². The molecule has 0 aliphatic carbocycles. The van der Waals surface area contributed by atoms with Gasteiger partial charge in [-0.25, -0.2) is 9.97 Å². The fourth-order valence-corrected chi connectivity index (χ4v) is 3.38. The van der Waals surface area contributed by atoms with Gasteiger partial charge in [0.2, 0.25) is 0 Å². The molecular weight excluding hydrogens is 296 g/mol. The second-order valence-corrected chi connectivity index (χ2v) is 6.80. The van der Waals surface area contributed by atoms with Crippen LogP contribution in [0.5, 0.6) is 0 Å². The van der Waals surface area contributed by atoms with E-state index in [0.717, 1.165) is 37.8 Å². The van der Waals surface area contributed by atoms with E-state index in [1.165, 1.54) is 11.5 Å². The molecule has 3 rings (SSSR count). The molecule has 0 amide bonds. The summed E-state index contributed by atoms with van der Waals surface area (Å²) in [6.07, 6.45) is 5.46. The van der Waals surface area contributed by atoms with Crippen molar-refractivity contribution in [1.82, 2.24) is 19.7 Å². The molecule has 0 bridgehead atoms. The zero-order valence-electron chi connectivity index (χ0n) is 12.9. The van der Waals surface area contributed by atoms with Gasteiger partial charge in [-0.3, -0.25) is 4.68 Å². The predicted octanol–water partition coefficient (Wildman–Crippen LogP) is 1.97. The third-order valence-electron chi connectivity index (χ3n) is 3.68. The summed E-state index contributed by atoms with van der Waals surface area (Å²) in [6.45, 7) is 6.11. The Bertz CT molecular complexity index is 567. The largest absolute Gasteiger partial charge is 0.370 e. The summed E-state index contributed by atoms with van der Waals surface area (Å²) in [6, 6.07) is 4.00. The van der Waals surface area contributed by atoms with Crippen molar-refractivity contribution < 1.29 is 0 Å². The van der Waals surface area contributed by atoms with Crippen LogP contribution in [0.25, 0.3) is 0 Å². The predicted molar refractivity (Wildman–Crippen MR) is 91.5 cm³/mol. The number of nitrogens with zero attached hydrogens (tertiary/aromatic N) is 5. The summed E-state index contributed by atoms with van der Waals surface area (Å²) in [5, 5.41) is 7.65. The monoisotopic (exact) mass is 318 g/mol. The fourth-order valence-electron chi connectivity index (χ4n) is 2.48. The van der Waals surface area contributed by atoms with Crippen molar-refractivity contribution in [3.63, 3.8) is 0 Å². The van der Waals surface area contributed by atoms with E-state index < -0.39 is 0 Å². The lowest BCUT2D eigenvalue weighted by Gasteiger charge is -2.27. The lowest BCUT2D eigenvalue weighted by molar-refractivity contribution is 0.467. The lowest BCUT2D eigenvalue weighted by Crippen LogP contribution is -2.33. The highest BCUT2D eigenvalue weighted by molar-refractivity contribution is 7.99. The molecular formula is C15H22N6S. The Kier molecular flexibility index (Phi) is 5.15. The minimum Gasteiger partial charge on any atom is -0.370 e. The van der Waals surface area contributed by atoms with E-state index in [1.807, 2.05) is 34.9 Å². The van der Waals surface area contributed by atoms with Gasteiger partial charge in [-0.15, -0.1) is 0 Å². The summed E-state index contributed by atoms with van der Waals surface area (Å²) in [7, 11) is 0. The second-order valence-electron chi connectivity index (χ2n) is 5.58. The van der Waals surface area contributed by atoms with Crippen molar-refractivity contribution in [3.05, 3.63) is 30.9 Å². The molecule has 1 fully saturated rings. The van der Waals surface area contributed by atoms with Crippen LogP contribution in [0.4, 0.5) is 11.6 Å². The Morgan fingerprint density at radius 1 is 1.32 bits per heavy atom. The molecule has 0 aromatic carbocycles.